The van der Waals surface area contributed by atoms with Gasteiger partial charge in [0.15, 0.2) is 0 Å². The Morgan fingerprint density at radius 3 is 2.52 bits per heavy atom. The largest absolute Gasteiger partial charge is 0.329 e. The molecule has 21 heavy (non-hydrogen) atoms. The zero-order valence-corrected chi connectivity index (χ0v) is 13.7. The number of aromatic nitrogens is 2. The average Bonchev–Trinajstić information content (AvgIpc) is 3.12. The zero-order valence-electron chi connectivity index (χ0n) is 11.4. The van der Waals surface area contributed by atoms with Crippen LogP contribution in [0.4, 0.5) is 0 Å². The highest BCUT2D eigenvalue weighted by Gasteiger charge is 2.33. The van der Waals surface area contributed by atoms with Crippen molar-refractivity contribution in [2.45, 2.75) is 19.9 Å². The van der Waals surface area contributed by atoms with Crippen LogP contribution in [0.1, 0.15) is 13.3 Å². The zero-order chi connectivity index (χ0) is 15.1. The predicted octanol–water partition coefficient (Wildman–Crippen LogP) is 3.28. The SMILES string of the molecule is CC1CC1Cn1c(=O)[nH]c(Cl)c(-c2ccc(Br)cc2)c1=O. The summed E-state index contributed by atoms with van der Waals surface area (Å²) in [6.45, 7) is 2.57. The molecular formula is C15H14BrClN2O2. The lowest BCUT2D eigenvalue weighted by molar-refractivity contribution is 0.552. The second-order valence-electron chi connectivity index (χ2n) is 5.51. The van der Waals surface area contributed by atoms with E-state index in [9.17, 15) is 9.59 Å². The van der Waals surface area contributed by atoms with E-state index in [0.717, 1.165) is 10.9 Å². The smallest absolute Gasteiger partial charge is 0.297 e. The fourth-order valence-corrected chi connectivity index (χ4v) is 3.00. The van der Waals surface area contributed by atoms with Gasteiger partial charge in [-0.2, -0.15) is 0 Å². The molecule has 1 aliphatic rings. The molecule has 1 heterocycles. The number of hydrogen-bond acceptors (Lipinski definition) is 2. The molecule has 0 bridgehead atoms. The van der Waals surface area contributed by atoms with Gasteiger partial charge < -0.3 is 0 Å². The van der Waals surface area contributed by atoms with Gasteiger partial charge in [0.25, 0.3) is 5.56 Å². The third kappa shape index (κ3) is 2.85. The Bertz CT molecular complexity index is 795. The van der Waals surface area contributed by atoms with Crippen LogP contribution in [0.25, 0.3) is 11.1 Å². The van der Waals surface area contributed by atoms with E-state index in [-0.39, 0.29) is 10.7 Å². The Kier molecular flexibility index (Phi) is 3.80. The van der Waals surface area contributed by atoms with Crippen LogP contribution in [0, 0.1) is 11.8 Å². The van der Waals surface area contributed by atoms with Crippen molar-refractivity contribution in [3.8, 4) is 11.1 Å². The maximum Gasteiger partial charge on any atom is 0.329 e. The minimum Gasteiger partial charge on any atom is -0.297 e. The summed E-state index contributed by atoms with van der Waals surface area (Å²) in [5.74, 6) is 0.978. The molecule has 0 radical (unpaired) electrons. The third-order valence-corrected chi connectivity index (χ3v) is 4.78. The van der Waals surface area contributed by atoms with Gasteiger partial charge in [0.2, 0.25) is 0 Å². The topological polar surface area (TPSA) is 54.9 Å². The van der Waals surface area contributed by atoms with Crippen LogP contribution in [0.2, 0.25) is 5.15 Å². The number of hydrogen-bond donors (Lipinski definition) is 1. The van der Waals surface area contributed by atoms with E-state index in [1.807, 2.05) is 12.1 Å². The van der Waals surface area contributed by atoms with Crippen molar-refractivity contribution < 1.29 is 0 Å². The van der Waals surface area contributed by atoms with E-state index >= 15 is 0 Å². The van der Waals surface area contributed by atoms with E-state index in [2.05, 4.69) is 27.8 Å². The molecule has 1 N–H and O–H groups in total. The molecule has 110 valence electrons. The van der Waals surface area contributed by atoms with Gasteiger partial charge in [-0.15, -0.1) is 0 Å². The van der Waals surface area contributed by atoms with Crippen molar-refractivity contribution >= 4 is 27.5 Å². The number of nitrogens with one attached hydrogen (secondary N) is 1. The van der Waals surface area contributed by atoms with Gasteiger partial charge in [-0.1, -0.05) is 46.6 Å². The number of H-pyrrole nitrogens is 1. The highest BCUT2D eigenvalue weighted by molar-refractivity contribution is 9.10. The van der Waals surface area contributed by atoms with Crippen molar-refractivity contribution in [3.05, 3.63) is 54.7 Å². The summed E-state index contributed by atoms with van der Waals surface area (Å²) in [4.78, 5) is 27.2. The molecule has 1 fully saturated rings. The van der Waals surface area contributed by atoms with Crippen LogP contribution in [-0.4, -0.2) is 9.55 Å². The molecule has 1 aromatic carbocycles. The van der Waals surface area contributed by atoms with Crippen LogP contribution in [0.3, 0.4) is 0 Å². The summed E-state index contributed by atoms with van der Waals surface area (Å²) in [5.41, 5.74) is 0.272. The first kappa shape index (κ1) is 14.6. The highest BCUT2D eigenvalue weighted by Crippen LogP contribution is 2.38. The predicted molar refractivity (Wildman–Crippen MR) is 86.7 cm³/mol. The van der Waals surface area contributed by atoms with Gasteiger partial charge in [-0.3, -0.25) is 14.3 Å². The monoisotopic (exact) mass is 368 g/mol. The first-order chi connectivity index (χ1) is 9.97. The number of halogens is 2. The summed E-state index contributed by atoms with van der Waals surface area (Å²) < 4.78 is 2.18. The van der Waals surface area contributed by atoms with E-state index in [1.165, 1.54) is 4.57 Å². The lowest BCUT2D eigenvalue weighted by Crippen LogP contribution is -2.36. The van der Waals surface area contributed by atoms with Crippen molar-refractivity contribution in [1.29, 1.82) is 0 Å². The van der Waals surface area contributed by atoms with E-state index in [1.54, 1.807) is 12.1 Å². The second-order valence-corrected chi connectivity index (χ2v) is 6.81. The van der Waals surface area contributed by atoms with Crippen LogP contribution >= 0.6 is 27.5 Å². The lowest BCUT2D eigenvalue weighted by Gasteiger charge is -2.09. The second kappa shape index (κ2) is 5.46. The molecule has 3 rings (SSSR count). The van der Waals surface area contributed by atoms with Gasteiger partial charge in [0, 0.05) is 11.0 Å². The van der Waals surface area contributed by atoms with Crippen LogP contribution in [0.15, 0.2) is 38.3 Å². The number of benzene rings is 1. The fraction of sp³-hybridized carbons (Fsp3) is 0.333. The summed E-state index contributed by atoms with van der Waals surface area (Å²) >= 11 is 9.44. The third-order valence-electron chi connectivity index (χ3n) is 3.97. The van der Waals surface area contributed by atoms with Crippen LogP contribution in [-0.2, 0) is 6.54 Å². The fourth-order valence-electron chi connectivity index (χ4n) is 2.47. The van der Waals surface area contributed by atoms with E-state index in [4.69, 9.17) is 11.6 Å². The van der Waals surface area contributed by atoms with E-state index < -0.39 is 5.69 Å². The van der Waals surface area contributed by atoms with Crippen LogP contribution in [0.5, 0.6) is 0 Å². The Hall–Kier alpha value is -1.33. The molecular weight excluding hydrogens is 356 g/mol. The summed E-state index contributed by atoms with van der Waals surface area (Å²) in [7, 11) is 0. The Morgan fingerprint density at radius 1 is 1.33 bits per heavy atom. The molecule has 1 saturated carbocycles. The molecule has 0 spiro atoms. The molecule has 1 aliphatic carbocycles. The van der Waals surface area contributed by atoms with Crippen LogP contribution < -0.4 is 11.2 Å². The Morgan fingerprint density at radius 2 is 1.95 bits per heavy atom. The van der Waals surface area contributed by atoms with Crippen molar-refractivity contribution in [3.63, 3.8) is 0 Å². The van der Waals surface area contributed by atoms with Gasteiger partial charge in [0.1, 0.15) is 5.15 Å². The number of aromatic amines is 1. The number of nitrogens with zero attached hydrogens (tertiary/aromatic N) is 1. The summed E-state index contributed by atoms with van der Waals surface area (Å²) in [5, 5.41) is 0.0902. The maximum atomic E-state index is 12.6. The normalized spacial score (nSPS) is 20.5. The quantitative estimate of drug-likeness (QED) is 0.844. The van der Waals surface area contributed by atoms with Gasteiger partial charge in [-0.25, -0.2) is 4.79 Å². The van der Waals surface area contributed by atoms with Gasteiger partial charge in [0.05, 0.1) is 5.56 Å². The Balaban J connectivity index is 2.12. The van der Waals surface area contributed by atoms with Gasteiger partial charge in [-0.05, 0) is 36.0 Å². The molecule has 2 unspecified atom stereocenters. The molecule has 0 aliphatic heterocycles. The first-order valence-corrected chi connectivity index (χ1v) is 7.93. The minimum atomic E-state index is -0.440. The molecule has 0 amide bonds. The summed E-state index contributed by atoms with van der Waals surface area (Å²) in [6.07, 6.45) is 1.06. The highest BCUT2D eigenvalue weighted by atomic mass is 79.9. The van der Waals surface area contributed by atoms with Crippen molar-refractivity contribution in [2.75, 3.05) is 0 Å². The van der Waals surface area contributed by atoms with Crippen molar-refractivity contribution in [2.24, 2.45) is 11.8 Å². The van der Waals surface area contributed by atoms with Crippen molar-refractivity contribution in [1.82, 2.24) is 9.55 Å². The molecule has 1 aromatic heterocycles. The Labute approximate surface area is 134 Å². The molecule has 2 atom stereocenters. The standard InChI is InChI=1S/C15H14BrClN2O2/c1-8-6-10(8)7-19-14(20)12(13(17)18-15(19)21)9-2-4-11(16)5-3-9/h2-5,8,10H,6-7H2,1H3,(H,18,21). The van der Waals surface area contributed by atoms with E-state index in [0.29, 0.717) is 29.5 Å². The minimum absolute atomic E-state index is 0.0902. The van der Waals surface area contributed by atoms with Gasteiger partial charge >= 0.3 is 5.69 Å². The lowest BCUT2D eigenvalue weighted by atomic mass is 10.1. The molecule has 4 nitrogen and oxygen atoms in total. The first-order valence-electron chi connectivity index (χ1n) is 6.76. The molecule has 2 aromatic rings. The average molecular weight is 370 g/mol. The maximum absolute atomic E-state index is 12.6. The number of rotatable bonds is 3. The molecule has 0 saturated heterocycles. The molecule has 6 heteroatoms. The summed E-state index contributed by atoms with van der Waals surface area (Å²) in [6, 6.07) is 7.28.